The summed E-state index contributed by atoms with van der Waals surface area (Å²) in [5.74, 6) is 2.62. The van der Waals surface area contributed by atoms with Gasteiger partial charge in [-0.1, -0.05) is 42.8 Å². The zero-order chi connectivity index (χ0) is 21.9. The summed E-state index contributed by atoms with van der Waals surface area (Å²) in [4.78, 5) is 4.73. The number of aromatic nitrogens is 3. The van der Waals surface area contributed by atoms with Crippen LogP contribution in [0.15, 0.2) is 59.9 Å². The summed E-state index contributed by atoms with van der Waals surface area (Å²) >= 11 is 5.98. The van der Waals surface area contributed by atoms with Gasteiger partial charge in [0.15, 0.2) is 5.96 Å². The van der Waals surface area contributed by atoms with Crippen LogP contribution in [0.5, 0.6) is 5.75 Å². The van der Waals surface area contributed by atoms with E-state index in [2.05, 4.69) is 44.5 Å². The lowest BCUT2D eigenvalue weighted by atomic mass is 10.1. The number of ether oxygens (including phenoxy) is 1. The zero-order valence-corrected chi connectivity index (χ0v) is 21.5. The standard InChI is InChI=1S/C23H29ClN6O.HI/c1-3-22-29-28-17-30(22)15-14-26-23(27-16-19-4-8-20(24)9-5-19)25-13-12-18-6-10-21(31-2)11-7-18;/h4-11,17H,3,12-16H2,1-2H3,(H2,25,26,27);1H. The van der Waals surface area contributed by atoms with E-state index in [1.54, 1.807) is 13.4 Å². The number of aliphatic imine (C=N–C) groups is 1. The lowest BCUT2D eigenvalue weighted by molar-refractivity contribution is 0.414. The first-order valence-electron chi connectivity index (χ1n) is 10.4. The Morgan fingerprint density at radius 1 is 1.03 bits per heavy atom. The number of methoxy groups -OCH3 is 1. The van der Waals surface area contributed by atoms with Crippen LogP contribution in [0.4, 0.5) is 0 Å². The minimum Gasteiger partial charge on any atom is -0.497 e. The predicted octanol–water partition coefficient (Wildman–Crippen LogP) is 4.10. The lowest BCUT2D eigenvalue weighted by Crippen LogP contribution is -2.40. The molecule has 3 rings (SSSR count). The van der Waals surface area contributed by atoms with Crippen LogP contribution in [0.3, 0.4) is 0 Å². The summed E-state index contributed by atoms with van der Waals surface area (Å²) in [6.45, 7) is 4.91. The molecule has 7 nitrogen and oxygen atoms in total. The number of hydrogen-bond donors (Lipinski definition) is 2. The normalized spacial score (nSPS) is 11.0. The largest absolute Gasteiger partial charge is 0.497 e. The highest BCUT2D eigenvalue weighted by Gasteiger charge is 2.04. The van der Waals surface area contributed by atoms with Gasteiger partial charge in [0.2, 0.25) is 0 Å². The van der Waals surface area contributed by atoms with Gasteiger partial charge in [-0.3, -0.25) is 0 Å². The minimum absolute atomic E-state index is 0. The Bertz CT molecular complexity index is 959. The van der Waals surface area contributed by atoms with E-state index in [0.717, 1.165) is 60.6 Å². The fourth-order valence-electron chi connectivity index (χ4n) is 3.09. The molecule has 0 saturated heterocycles. The van der Waals surface area contributed by atoms with Gasteiger partial charge in [-0.15, -0.1) is 34.2 Å². The average molecular weight is 569 g/mol. The van der Waals surface area contributed by atoms with Gasteiger partial charge in [-0.05, 0) is 41.8 Å². The molecule has 0 aliphatic carbocycles. The van der Waals surface area contributed by atoms with Crippen molar-refractivity contribution in [3.05, 3.63) is 76.8 Å². The Labute approximate surface area is 211 Å². The number of aryl methyl sites for hydroxylation is 1. The van der Waals surface area contributed by atoms with Crippen molar-refractivity contribution in [2.45, 2.75) is 32.9 Å². The minimum atomic E-state index is 0. The summed E-state index contributed by atoms with van der Waals surface area (Å²) in [7, 11) is 1.68. The fraction of sp³-hybridized carbons (Fsp3) is 0.348. The van der Waals surface area contributed by atoms with Gasteiger partial charge >= 0.3 is 0 Å². The second-order valence-electron chi connectivity index (χ2n) is 7.04. The van der Waals surface area contributed by atoms with Crippen LogP contribution in [0, 0.1) is 0 Å². The number of halogens is 2. The van der Waals surface area contributed by atoms with E-state index in [0.29, 0.717) is 6.54 Å². The molecule has 0 unspecified atom stereocenters. The van der Waals surface area contributed by atoms with Crippen molar-refractivity contribution in [1.29, 1.82) is 0 Å². The van der Waals surface area contributed by atoms with Crippen molar-refractivity contribution >= 4 is 41.5 Å². The van der Waals surface area contributed by atoms with E-state index in [1.807, 2.05) is 36.4 Å². The van der Waals surface area contributed by atoms with E-state index in [1.165, 1.54) is 5.56 Å². The second kappa shape index (κ2) is 13.9. The van der Waals surface area contributed by atoms with Crippen LogP contribution in [-0.4, -0.2) is 40.9 Å². The van der Waals surface area contributed by atoms with Crippen LogP contribution >= 0.6 is 35.6 Å². The van der Waals surface area contributed by atoms with Crippen molar-refractivity contribution < 1.29 is 4.74 Å². The SMILES string of the molecule is CCc1nncn1CCNC(=NCc1ccc(Cl)cc1)NCCc1ccc(OC)cc1.I. The highest BCUT2D eigenvalue weighted by Crippen LogP contribution is 2.12. The summed E-state index contributed by atoms with van der Waals surface area (Å²) in [6.07, 6.45) is 3.51. The molecule has 0 radical (unpaired) electrons. The van der Waals surface area contributed by atoms with Crippen molar-refractivity contribution in [3.63, 3.8) is 0 Å². The lowest BCUT2D eigenvalue weighted by Gasteiger charge is -2.14. The van der Waals surface area contributed by atoms with Gasteiger partial charge in [-0.25, -0.2) is 4.99 Å². The molecule has 0 saturated carbocycles. The molecule has 2 N–H and O–H groups in total. The topological polar surface area (TPSA) is 76.4 Å². The maximum atomic E-state index is 5.98. The quantitative estimate of drug-likeness (QED) is 0.219. The smallest absolute Gasteiger partial charge is 0.191 e. The number of rotatable bonds is 10. The molecule has 9 heteroatoms. The van der Waals surface area contributed by atoms with Gasteiger partial charge in [0, 0.05) is 31.1 Å². The number of hydrogen-bond acceptors (Lipinski definition) is 4. The molecule has 1 aromatic heterocycles. The zero-order valence-electron chi connectivity index (χ0n) is 18.4. The molecule has 0 aliphatic rings. The van der Waals surface area contributed by atoms with E-state index in [4.69, 9.17) is 21.3 Å². The first kappa shape index (κ1) is 25.9. The van der Waals surface area contributed by atoms with Crippen molar-refractivity contribution in [2.75, 3.05) is 20.2 Å². The molecule has 3 aromatic rings. The monoisotopic (exact) mass is 568 g/mol. The highest BCUT2D eigenvalue weighted by atomic mass is 127. The molecule has 2 aromatic carbocycles. The van der Waals surface area contributed by atoms with Crippen LogP contribution in [0.1, 0.15) is 23.9 Å². The first-order valence-corrected chi connectivity index (χ1v) is 10.8. The van der Waals surface area contributed by atoms with Crippen LogP contribution in [0.2, 0.25) is 5.02 Å². The van der Waals surface area contributed by atoms with E-state index >= 15 is 0 Å². The molecule has 0 atom stereocenters. The summed E-state index contributed by atoms with van der Waals surface area (Å²) in [5.41, 5.74) is 2.34. The van der Waals surface area contributed by atoms with Crippen LogP contribution in [0.25, 0.3) is 0 Å². The first-order chi connectivity index (χ1) is 15.2. The molecular formula is C23H30ClIN6O. The Balaban J connectivity index is 0.00000363. The maximum absolute atomic E-state index is 5.98. The molecule has 0 bridgehead atoms. The van der Waals surface area contributed by atoms with Crippen molar-refractivity contribution in [3.8, 4) is 5.75 Å². The van der Waals surface area contributed by atoms with Crippen molar-refractivity contribution in [2.24, 2.45) is 4.99 Å². The fourth-order valence-corrected chi connectivity index (χ4v) is 3.21. The Hall–Kier alpha value is -2.33. The summed E-state index contributed by atoms with van der Waals surface area (Å²) < 4.78 is 7.28. The third-order valence-electron chi connectivity index (χ3n) is 4.86. The molecule has 1 heterocycles. The highest BCUT2D eigenvalue weighted by molar-refractivity contribution is 14.0. The molecule has 172 valence electrons. The average Bonchev–Trinajstić information content (AvgIpc) is 3.26. The van der Waals surface area contributed by atoms with Gasteiger partial charge in [0.1, 0.15) is 17.9 Å². The molecule has 32 heavy (non-hydrogen) atoms. The molecule has 0 amide bonds. The van der Waals surface area contributed by atoms with Gasteiger partial charge in [-0.2, -0.15) is 0 Å². The van der Waals surface area contributed by atoms with E-state index in [-0.39, 0.29) is 24.0 Å². The molecule has 0 fully saturated rings. The second-order valence-corrected chi connectivity index (χ2v) is 7.47. The summed E-state index contributed by atoms with van der Waals surface area (Å²) in [6, 6.07) is 15.9. The molecule has 0 spiro atoms. The van der Waals surface area contributed by atoms with Crippen LogP contribution < -0.4 is 15.4 Å². The van der Waals surface area contributed by atoms with Crippen molar-refractivity contribution in [1.82, 2.24) is 25.4 Å². The predicted molar refractivity (Wildman–Crippen MR) is 140 cm³/mol. The van der Waals surface area contributed by atoms with E-state index in [9.17, 15) is 0 Å². The Kier molecular flexibility index (Phi) is 11.3. The number of benzene rings is 2. The maximum Gasteiger partial charge on any atom is 0.191 e. The Morgan fingerprint density at radius 2 is 1.72 bits per heavy atom. The van der Waals surface area contributed by atoms with Gasteiger partial charge in [0.25, 0.3) is 0 Å². The number of nitrogens with zero attached hydrogens (tertiary/aromatic N) is 4. The third kappa shape index (κ3) is 8.31. The molecular weight excluding hydrogens is 539 g/mol. The van der Waals surface area contributed by atoms with Gasteiger partial charge < -0.3 is 19.9 Å². The van der Waals surface area contributed by atoms with Crippen LogP contribution in [-0.2, 0) is 25.9 Å². The number of guanidine groups is 1. The number of nitrogens with one attached hydrogen (secondary N) is 2. The van der Waals surface area contributed by atoms with Gasteiger partial charge in [0.05, 0.1) is 13.7 Å². The Morgan fingerprint density at radius 3 is 2.41 bits per heavy atom. The molecule has 0 aliphatic heterocycles. The third-order valence-corrected chi connectivity index (χ3v) is 5.11. The summed E-state index contributed by atoms with van der Waals surface area (Å²) in [5, 5.41) is 15.7. The van der Waals surface area contributed by atoms with E-state index < -0.39 is 0 Å².